The van der Waals surface area contributed by atoms with Crippen LogP contribution in [0, 0.1) is 5.92 Å². The summed E-state index contributed by atoms with van der Waals surface area (Å²) in [5.74, 6) is 0.386. The van der Waals surface area contributed by atoms with Gasteiger partial charge in [0.2, 0.25) is 0 Å². The van der Waals surface area contributed by atoms with Crippen LogP contribution in [0.3, 0.4) is 0 Å². The third-order valence-electron chi connectivity index (χ3n) is 3.05. The molecular weight excluding hydrogens is 252 g/mol. The first-order chi connectivity index (χ1) is 8.58. The molecule has 0 aromatic rings. The van der Waals surface area contributed by atoms with E-state index in [0.29, 0.717) is 18.9 Å². The van der Waals surface area contributed by atoms with Crippen molar-refractivity contribution in [1.82, 2.24) is 10.2 Å². The van der Waals surface area contributed by atoms with Crippen LogP contribution < -0.4 is 5.32 Å². The summed E-state index contributed by atoms with van der Waals surface area (Å²) < 4.78 is 0. The van der Waals surface area contributed by atoms with Crippen molar-refractivity contribution in [3.63, 3.8) is 0 Å². The van der Waals surface area contributed by atoms with E-state index in [4.69, 9.17) is 5.11 Å². The fourth-order valence-corrected chi connectivity index (χ4v) is 2.17. The van der Waals surface area contributed by atoms with Crippen molar-refractivity contribution in [3.8, 4) is 0 Å². The van der Waals surface area contributed by atoms with Gasteiger partial charge in [-0.25, -0.2) is 9.59 Å². The Kier molecular flexibility index (Phi) is 6.32. The Hall–Kier alpha value is -0.910. The molecule has 0 heterocycles. The van der Waals surface area contributed by atoms with Gasteiger partial charge < -0.3 is 15.3 Å². The number of rotatable bonds is 8. The quantitative estimate of drug-likeness (QED) is 0.706. The van der Waals surface area contributed by atoms with E-state index in [-0.39, 0.29) is 6.03 Å². The van der Waals surface area contributed by atoms with Crippen LogP contribution in [0.2, 0.25) is 0 Å². The molecule has 0 radical (unpaired) electrons. The summed E-state index contributed by atoms with van der Waals surface area (Å²) in [6, 6.07) is -1.03. The molecule has 0 saturated heterocycles. The fraction of sp³-hybridized carbons (Fsp3) is 0.833. The van der Waals surface area contributed by atoms with Crippen molar-refractivity contribution in [2.45, 2.75) is 32.2 Å². The Morgan fingerprint density at radius 3 is 2.61 bits per heavy atom. The van der Waals surface area contributed by atoms with E-state index in [0.717, 1.165) is 12.3 Å². The van der Waals surface area contributed by atoms with Gasteiger partial charge in [0, 0.05) is 13.1 Å². The molecule has 2 N–H and O–H groups in total. The fourth-order valence-electron chi connectivity index (χ4n) is 1.70. The number of carboxylic acid groups (broad SMARTS) is 1. The van der Waals surface area contributed by atoms with Crippen molar-refractivity contribution in [3.05, 3.63) is 0 Å². The van der Waals surface area contributed by atoms with E-state index in [2.05, 4.69) is 5.32 Å². The number of carboxylic acids is 1. The lowest BCUT2D eigenvalue weighted by molar-refractivity contribution is -0.139. The van der Waals surface area contributed by atoms with Gasteiger partial charge in [0.05, 0.1) is 0 Å². The van der Waals surface area contributed by atoms with Crippen molar-refractivity contribution in [2.24, 2.45) is 5.92 Å². The van der Waals surface area contributed by atoms with Crippen LogP contribution in [0.15, 0.2) is 0 Å². The average molecular weight is 274 g/mol. The lowest BCUT2D eigenvalue weighted by atomic mass is 10.2. The normalized spacial score (nSPS) is 16.1. The molecule has 0 bridgehead atoms. The van der Waals surface area contributed by atoms with Crippen LogP contribution in [-0.4, -0.2) is 53.1 Å². The number of nitrogens with zero attached hydrogens (tertiary/aromatic N) is 1. The molecule has 1 aliphatic rings. The Morgan fingerprint density at radius 1 is 1.50 bits per heavy atom. The highest BCUT2D eigenvalue weighted by molar-refractivity contribution is 7.98. The maximum absolute atomic E-state index is 12.0. The standard InChI is InChI=1S/C12H22N2O3S/c1-3-14(8-9-4-5-9)12(17)13-10(11(15)16)6-7-18-2/h9-10H,3-8H2,1-2H3,(H,13,17)(H,15,16)/t10-/m1/s1. The van der Waals surface area contributed by atoms with E-state index >= 15 is 0 Å². The Morgan fingerprint density at radius 2 is 2.17 bits per heavy atom. The van der Waals surface area contributed by atoms with Gasteiger partial charge in [-0.2, -0.15) is 11.8 Å². The molecule has 0 aliphatic heterocycles. The highest BCUT2D eigenvalue weighted by atomic mass is 32.2. The Labute approximate surface area is 112 Å². The zero-order chi connectivity index (χ0) is 13.5. The van der Waals surface area contributed by atoms with E-state index in [1.807, 2.05) is 13.2 Å². The van der Waals surface area contributed by atoms with Gasteiger partial charge in [-0.15, -0.1) is 0 Å². The SMILES string of the molecule is CCN(CC1CC1)C(=O)N[C@H](CCSC)C(=O)O. The van der Waals surface area contributed by atoms with Gasteiger partial charge in [0.1, 0.15) is 6.04 Å². The number of hydrogen-bond acceptors (Lipinski definition) is 3. The number of thioether (sulfide) groups is 1. The molecule has 2 amide bonds. The second-order valence-electron chi connectivity index (χ2n) is 4.60. The summed E-state index contributed by atoms with van der Waals surface area (Å²) >= 11 is 1.58. The smallest absolute Gasteiger partial charge is 0.326 e. The summed E-state index contributed by atoms with van der Waals surface area (Å²) in [6.07, 6.45) is 4.74. The third-order valence-corrected chi connectivity index (χ3v) is 3.69. The summed E-state index contributed by atoms with van der Waals surface area (Å²) in [5.41, 5.74) is 0. The predicted molar refractivity (Wildman–Crippen MR) is 72.9 cm³/mol. The van der Waals surface area contributed by atoms with Crippen LogP contribution >= 0.6 is 11.8 Å². The molecule has 0 aromatic carbocycles. The van der Waals surface area contributed by atoms with Crippen LogP contribution in [-0.2, 0) is 4.79 Å². The molecule has 18 heavy (non-hydrogen) atoms. The van der Waals surface area contributed by atoms with Gasteiger partial charge in [-0.3, -0.25) is 0 Å². The molecule has 1 aliphatic carbocycles. The van der Waals surface area contributed by atoms with Crippen molar-refractivity contribution in [1.29, 1.82) is 0 Å². The number of aliphatic carboxylic acids is 1. The van der Waals surface area contributed by atoms with Gasteiger partial charge >= 0.3 is 12.0 Å². The van der Waals surface area contributed by atoms with Gasteiger partial charge in [-0.05, 0) is 44.1 Å². The second-order valence-corrected chi connectivity index (χ2v) is 5.59. The number of nitrogens with one attached hydrogen (secondary N) is 1. The zero-order valence-electron chi connectivity index (χ0n) is 11.0. The largest absolute Gasteiger partial charge is 0.480 e. The lowest BCUT2D eigenvalue weighted by Gasteiger charge is -2.23. The molecular formula is C12H22N2O3S. The van der Waals surface area contributed by atoms with Crippen molar-refractivity contribution < 1.29 is 14.7 Å². The maximum atomic E-state index is 12.0. The molecule has 5 nitrogen and oxygen atoms in total. The van der Waals surface area contributed by atoms with E-state index in [9.17, 15) is 9.59 Å². The van der Waals surface area contributed by atoms with E-state index < -0.39 is 12.0 Å². The highest BCUT2D eigenvalue weighted by Gasteiger charge is 2.28. The minimum absolute atomic E-state index is 0.252. The second kappa shape index (κ2) is 7.51. The molecule has 1 saturated carbocycles. The first kappa shape index (κ1) is 15.1. The average Bonchev–Trinajstić information content (AvgIpc) is 3.14. The first-order valence-electron chi connectivity index (χ1n) is 6.35. The summed E-state index contributed by atoms with van der Waals surface area (Å²) in [5, 5.41) is 11.7. The monoisotopic (exact) mass is 274 g/mol. The molecule has 104 valence electrons. The number of hydrogen-bond donors (Lipinski definition) is 2. The van der Waals surface area contributed by atoms with Gasteiger partial charge in [0.15, 0.2) is 0 Å². The van der Waals surface area contributed by atoms with Crippen LogP contribution in [0.5, 0.6) is 0 Å². The topological polar surface area (TPSA) is 69.6 Å². The van der Waals surface area contributed by atoms with E-state index in [1.165, 1.54) is 12.8 Å². The van der Waals surface area contributed by atoms with Crippen LogP contribution in [0.25, 0.3) is 0 Å². The number of amides is 2. The maximum Gasteiger partial charge on any atom is 0.326 e. The molecule has 1 atom stereocenters. The lowest BCUT2D eigenvalue weighted by Crippen LogP contribution is -2.48. The molecule has 6 heteroatoms. The molecule has 1 rings (SSSR count). The Balaban J connectivity index is 2.43. The summed E-state index contributed by atoms with van der Waals surface area (Å²) in [4.78, 5) is 24.7. The minimum atomic E-state index is -0.958. The number of carbonyl (C=O) groups excluding carboxylic acids is 1. The number of urea groups is 1. The zero-order valence-corrected chi connectivity index (χ0v) is 11.8. The highest BCUT2D eigenvalue weighted by Crippen LogP contribution is 2.29. The molecule has 1 fully saturated rings. The minimum Gasteiger partial charge on any atom is -0.480 e. The van der Waals surface area contributed by atoms with Crippen molar-refractivity contribution >= 4 is 23.8 Å². The van der Waals surface area contributed by atoms with E-state index in [1.54, 1.807) is 16.7 Å². The molecule has 0 aromatic heterocycles. The molecule has 0 spiro atoms. The first-order valence-corrected chi connectivity index (χ1v) is 7.75. The van der Waals surface area contributed by atoms with Crippen molar-refractivity contribution in [2.75, 3.05) is 25.1 Å². The predicted octanol–water partition coefficient (Wildman–Crippen LogP) is 1.63. The molecule has 0 unspecified atom stereocenters. The number of carbonyl (C=O) groups is 2. The summed E-state index contributed by atoms with van der Waals surface area (Å²) in [7, 11) is 0. The Bertz CT molecular complexity index is 295. The van der Waals surface area contributed by atoms with Gasteiger partial charge in [-0.1, -0.05) is 0 Å². The summed E-state index contributed by atoms with van der Waals surface area (Å²) in [6.45, 7) is 3.29. The van der Waals surface area contributed by atoms with Crippen LogP contribution in [0.1, 0.15) is 26.2 Å². The third kappa shape index (κ3) is 5.16. The van der Waals surface area contributed by atoms with Gasteiger partial charge in [0.25, 0.3) is 0 Å². The van der Waals surface area contributed by atoms with Crippen LogP contribution in [0.4, 0.5) is 4.79 Å².